The number of hydrogen-bond acceptors (Lipinski definition) is 2. The number of hydrogen-bond donors (Lipinski definition) is 0. The van der Waals surface area contributed by atoms with Crippen LogP contribution in [0.3, 0.4) is 0 Å². The van der Waals surface area contributed by atoms with Crippen molar-refractivity contribution >= 4 is 28.6 Å². The van der Waals surface area contributed by atoms with Gasteiger partial charge in [-0.05, 0) is 38.0 Å². The molecule has 0 heterocycles. The van der Waals surface area contributed by atoms with E-state index in [2.05, 4.69) is 22.6 Å². The SMILES string of the molecule is CC(C)(C)OC(=O)CCCCCCCI. The molecule has 0 N–H and O–H groups in total. The predicted octanol–water partition coefficient (Wildman–Crippen LogP) is 4.10. The number of esters is 1. The molecule has 0 aliphatic rings. The van der Waals surface area contributed by atoms with E-state index in [9.17, 15) is 4.79 Å². The van der Waals surface area contributed by atoms with Crippen LogP contribution in [0.2, 0.25) is 0 Å². The first kappa shape index (κ1) is 15.2. The lowest BCUT2D eigenvalue weighted by molar-refractivity contribution is -0.154. The summed E-state index contributed by atoms with van der Waals surface area (Å²) in [4.78, 5) is 11.3. The lowest BCUT2D eigenvalue weighted by Crippen LogP contribution is -2.23. The largest absolute Gasteiger partial charge is 0.460 e. The van der Waals surface area contributed by atoms with Crippen molar-refractivity contribution < 1.29 is 9.53 Å². The second kappa shape index (κ2) is 8.36. The summed E-state index contributed by atoms with van der Waals surface area (Å²) in [5.41, 5.74) is -0.335. The average molecular weight is 326 g/mol. The fraction of sp³-hybridized carbons (Fsp3) is 0.917. The maximum Gasteiger partial charge on any atom is 0.306 e. The minimum atomic E-state index is -0.335. The van der Waals surface area contributed by atoms with E-state index in [1.807, 2.05) is 20.8 Å². The Morgan fingerprint density at radius 2 is 1.60 bits per heavy atom. The summed E-state index contributed by atoms with van der Waals surface area (Å²) < 4.78 is 6.47. The summed E-state index contributed by atoms with van der Waals surface area (Å²) in [5.74, 6) is -0.0589. The van der Waals surface area contributed by atoms with Crippen LogP contribution in [-0.4, -0.2) is 16.0 Å². The number of halogens is 1. The second-order valence-electron chi connectivity index (χ2n) is 4.79. The van der Waals surface area contributed by atoms with E-state index in [1.54, 1.807) is 0 Å². The fourth-order valence-electron chi connectivity index (χ4n) is 1.29. The van der Waals surface area contributed by atoms with E-state index in [0.717, 1.165) is 12.8 Å². The molecule has 0 aromatic rings. The Morgan fingerprint density at radius 3 is 2.13 bits per heavy atom. The summed E-state index contributed by atoms with van der Waals surface area (Å²) >= 11 is 2.40. The van der Waals surface area contributed by atoms with Crippen LogP contribution in [0.15, 0.2) is 0 Å². The summed E-state index contributed by atoms with van der Waals surface area (Å²) in [7, 11) is 0. The Bertz CT molecular complexity index is 173. The highest BCUT2D eigenvalue weighted by Gasteiger charge is 2.15. The highest BCUT2D eigenvalue weighted by Crippen LogP contribution is 2.11. The molecule has 3 heteroatoms. The lowest BCUT2D eigenvalue weighted by atomic mass is 10.1. The first-order valence-corrected chi connectivity index (χ1v) is 7.26. The molecule has 2 nitrogen and oxygen atoms in total. The Balaban J connectivity index is 3.32. The topological polar surface area (TPSA) is 26.3 Å². The molecular formula is C12H23IO2. The molecule has 0 atom stereocenters. The van der Waals surface area contributed by atoms with Gasteiger partial charge in [-0.2, -0.15) is 0 Å². The number of carbonyl (C=O) groups is 1. The molecule has 0 aliphatic carbocycles. The number of rotatable bonds is 7. The third-order valence-electron chi connectivity index (χ3n) is 1.93. The lowest BCUT2D eigenvalue weighted by Gasteiger charge is -2.19. The average Bonchev–Trinajstić information content (AvgIpc) is 2.08. The standard InChI is InChI=1S/C12H23IO2/c1-12(2,3)15-11(14)9-7-5-4-6-8-10-13/h4-10H2,1-3H3. The van der Waals surface area contributed by atoms with Crippen molar-refractivity contribution in [1.29, 1.82) is 0 Å². The van der Waals surface area contributed by atoms with Crippen LogP contribution in [0.25, 0.3) is 0 Å². The zero-order valence-electron chi connectivity index (χ0n) is 10.1. The third-order valence-corrected chi connectivity index (χ3v) is 2.70. The van der Waals surface area contributed by atoms with Gasteiger partial charge < -0.3 is 4.74 Å². The van der Waals surface area contributed by atoms with E-state index in [4.69, 9.17) is 4.74 Å². The highest BCUT2D eigenvalue weighted by molar-refractivity contribution is 14.1. The maximum absolute atomic E-state index is 11.3. The van der Waals surface area contributed by atoms with E-state index >= 15 is 0 Å². The zero-order valence-corrected chi connectivity index (χ0v) is 12.3. The molecule has 0 aromatic carbocycles. The molecule has 0 amide bonds. The number of carbonyl (C=O) groups excluding carboxylic acids is 1. The van der Waals surface area contributed by atoms with Gasteiger partial charge in [0.2, 0.25) is 0 Å². The Labute approximate surface area is 107 Å². The van der Waals surface area contributed by atoms with Crippen molar-refractivity contribution in [3.63, 3.8) is 0 Å². The molecule has 0 rings (SSSR count). The molecule has 90 valence electrons. The molecule has 0 saturated heterocycles. The maximum atomic E-state index is 11.3. The molecule has 0 radical (unpaired) electrons. The predicted molar refractivity (Wildman–Crippen MR) is 72.4 cm³/mol. The highest BCUT2D eigenvalue weighted by atomic mass is 127. The third kappa shape index (κ3) is 12.1. The minimum absolute atomic E-state index is 0.0589. The van der Waals surface area contributed by atoms with Gasteiger partial charge in [0.25, 0.3) is 0 Å². The first-order valence-electron chi connectivity index (χ1n) is 5.73. The number of ether oxygens (including phenoxy) is 1. The van der Waals surface area contributed by atoms with E-state index in [0.29, 0.717) is 6.42 Å². The van der Waals surface area contributed by atoms with Crippen LogP contribution in [0, 0.1) is 0 Å². The van der Waals surface area contributed by atoms with Crippen molar-refractivity contribution in [2.24, 2.45) is 0 Å². The summed E-state index contributed by atoms with van der Waals surface area (Å²) in [5, 5.41) is 0. The van der Waals surface area contributed by atoms with Crippen molar-refractivity contribution in [3.05, 3.63) is 0 Å². The molecule has 0 aliphatic heterocycles. The van der Waals surface area contributed by atoms with Crippen molar-refractivity contribution in [1.82, 2.24) is 0 Å². The Kier molecular flexibility index (Phi) is 8.47. The molecule has 0 unspecified atom stereocenters. The van der Waals surface area contributed by atoms with Crippen molar-refractivity contribution in [2.45, 2.75) is 64.9 Å². The zero-order chi connectivity index (χ0) is 11.7. The van der Waals surface area contributed by atoms with Crippen LogP contribution >= 0.6 is 22.6 Å². The van der Waals surface area contributed by atoms with Gasteiger partial charge in [0.1, 0.15) is 5.60 Å². The smallest absolute Gasteiger partial charge is 0.306 e. The van der Waals surface area contributed by atoms with Gasteiger partial charge >= 0.3 is 5.97 Å². The van der Waals surface area contributed by atoms with Crippen molar-refractivity contribution in [3.8, 4) is 0 Å². The molecule has 15 heavy (non-hydrogen) atoms. The number of unbranched alkanes of at least 4 members (excludes halogenated alkanes) is 4. The second-order valence-corrected chi connectivity index (χ2v) is 5.87. The van der Waals surface area contributed by atoms with Crippen molar-refractivity contribution in [2.75, 3.05) is 4.43 Å². The summed E-state index contributed by atoms with van der Waals surface area (Å²) in [6.45, 7) is 5.72. The molecule has 0 fully saturated rings. The fourth-order valence-corrected chi connectivity index (χ4v) is 1.83. The van der Waals surface area contributed by atoms with Gasteiger partial charge in [0, 0.05) is 6.42 Å². The quantitative estimate of drug-likeness (QED) is 0.305. The van der Waals surface area contributed by atoms with Crippen LogP contribution in [-0.2, 0) is 9.53 Å². The monoisotopic (exact) mass is 326 g/mol. The molecule has 0 bridgehead atoms. The Hall–Kier alpha value is 0.200. The van der Waals surface area contributed by atoms with Crippen LogP contribution in [0.1, 0.15) is 59.3 Å². The normalized spacial score (nSPS) is 11.5. The van der Waals surface area contributed by atoms with Gasteiger partial charge in [-0.3, -0.25) is 4.79 Å². The van der Waals surface area contributed by atoms with Gasteiger partial charge in [-0.25, -0.2) is 0 Å². The summed E-state index contributed by atoms with van der Waals surface area (Å²) in [6.07, 6.45) is 6.52. The van der Waals surface area contributed by atoms with Gasteiger partial charge in [-0.15, -0.1) is 0 Å². The first-order chi connectivity index (χ1) is 6.95. The van der Waals surface area contributed by atoms with E-state index in [-0.39, 0.29) is 11.6 Å². The number of alkyl halides is 1. The van der Waals surface area contributed by atoms with Gasteiger partial charge in [0.15, 0.2) is 0 Å². The molecule has 0 aromatic heterocycles. The minimum Gasteiger partial charge on any atom is -0.460 e. The van der Waals surface area contributed by atoms with Gasteiger partial charge in [-0.1, -0.05) is 41.9 Å². The molecular weight excluding hydrogens is 303 g/mol. The van der Waals surface area contributed by atoms with Crippen LogP contribution in [0.4, 0.5) is 0 Å². The summed E-state index contributed by atoms with van der Waals surface area (Å²) in [6, 6.07) is 0. The van der Waals surface area contributed by atoms with Crippen LogP contribution in [0.5, 0.6) is 0 Å². The van der Waals surface area contributed by atoms with E-state index in [1.165, 1.54) is 23.7 Å². The molecule has 0 saturated carbocycles. The van der Waals surface area contributed by atoms with E-state index < -0.39 is 0 Å². The molecule has 0 spiro atoms. The Morgan fingerprint density at radius 1 is 1.07 bits per heavy atom. The van der Waals surface area contributed by atoms with Crippen LogP contribution < -0.4 is 0 Å². The van der Waals surface area contributed by atoms with Gasteiger partial charge in [0.05, 0.1) is 0 Å².